The van der Waals surface area contributed by atoms with Gasteiger partial charge >= 0.3 is 6.18 Å². The molecule has 0 aliphatic carbocycles. The predicted molar refractivity (Wildman–Crippen MR) is 100 cm³/mol. The Balaban J connectivity index is 0.00000676. The standard InChI is InChI=1S/C18H26F3N3O2.ClH/c1-10(2)15(22)17(26)23-9-14(25)24-16(11(3)4)12-6-5-7-13(8-12)18(19,20)21;/h5-8,10-11,15-16H,9,22H2,1-4H3,(H,23,26)(H,24,25);1H/t15-,16?;/m0./s1. The van der Waals surface area contributed by atoms with Crippen LogP contribution in [0.3, 0.4) is 0 Å². The summed E-state index contributed by atoms with van der Waals surface area (Å²) in [6, 6.07) is 3.51. The number of hydrogen-bond donors (Lipinski definition) is 3. The lowest BCUT2D eigenvalue weighted by Gasteiger charge is -2.24. The van der Waals surface area contributed by atoms with Gasteiger partial charge in [-0.05, 0) is 29.5 Å². The van der Waals surface area contributed by atoms with Crippen LogP contribution in [-0.2, 0) is 15.8 Å². The predicted octanol–water partition coefficient (Wildman–Crippen LogP) is 3.04. The normalized spacial score (nSPS) is 13.7. The third-order valence-corrected chi connectivity index (χ3v) is 4.00. The highest BCUT2D eigenvalue weighted by Gasteiger charge is 2.31. The largest absolute Gasteiger partial charge is 0.416 e. The topological polar surface area (TPSA) is 84.2 Å². The average Bonchev–Trinajstić information content (AvgIpc) is 2.55. The molecule has 0 aromatic heterocycles. The first kappa shape index (κ1) is 25.2. The number of nitrogens with one attached hydrogen (secondary N) is 2. The molecular weight excluding hydrogens is 383 g/mol. The van der Waals surface area contributed by atoms with E-state index in [2.05, 4.69) is 10.6 Å². The van der Waals surface area contributed by atoms with Gasteiger partial charge in [0.25, 0.3) is 0 Å². The molecule has 0 aliphatic rings. The third-order valence-electron chi connectivity index (χ3n) is 4.00. The first-order chi connectivity index (χ1) is 11.9. The van der Waals surface area contributed by atoms with E-state index in [4.69, 9.17) is 5.73 Å². The van der Waals surface area contributed by atoms with Crippen LogP contribution < -0.4 is 16.4 Å². The molecule has 154 valence electrons. The van der Waals surface area contributed by atoms with Gasteiger partial charge in [-0.15, -0.1) is 12.4 Å². The second-order valence-corrected chi connectivity index (χ2v) is 6.90. The molecule has 0 bridgehead atoms. The van der Waals surface area contributed by atoms with Gasteiger partial charge in [0.05, 0.1) is 24.2 Å². The highest BCUT2D eigenvalue weighted by atomic mass is 35.5. The van der Waals surface area contributed by atoms with Gasteiger partial charge in [-0.3, -0.25) is 9.59 Å². The van der Waals surface area contributed by atoms with Crippen LogP contribution in [0.1, 0.15) is 44.9 Å². The van der Waals surface area contributed by atoms with Gasteiger partial charge in [-0.25, -0.2) is 0 Å². The Kier molecular flexibility index (Phi) is 9.81. The summed E-state index contributed by atoms with van der Waals surface area (Å²) >= 11 is 0. The highest BCUT2D eigenvalue weighted by Crippen LogP contribution is 2.32. The number of benzene rings is 1. The molecule has 1 aromatic rings. The number of alkyl halides is 3. The van der Waals surface area contributed by atoms with Crippen LogP contribution in [-0.4, -0.2) is 24.4 Å². The van der Waals surface area contributed by atoms with E-state index in [0.29, 0.717) is 5.56 Å². The second kappa shape index (κ2) is 10.5. The summed E-state index contributed by atoms with van der Waals surface area (Å²) in [5.74, 6) is -1.16. The molecule has 0 heterocycles. The van der Waals surface area contributed by atoms with Crippen LogP contribution in [0.15, 0.2) is 24.3 Å². The lowest BCUT2D eigenvalue weighted by Crippen LogP contribution is -2.47. The smallest absolute Gasteiger partial charge is 0.348 e. The van der Waals surface area contributed by atoms with E-state index >= 15 is 0 Å². The molecule has 0 fully saturated rings. The van der Waals surface area contributed by atoms with Crippen molar-refractivity contribution in [1.29, 1.82) is 0 Å². The minimum atomic E-state index is -4.46. The van der Waals surface area contributed by atoms with Gasteiger partial charge in [0.2, 0.25) is 11.8 Å². The first-order valence-corrected chi connectivity index (χ1v) is 8.43. The van der Waals surface area contributed by atoms with Gasteiger partial charge in [-0.2, -0.15) is 13.2 Å². The maximum atomic E-state index is 12.9. The lowest BCUT2D eigenvalue weighted by atomic mass is 9.94. The van der Waals surface area contributed by atoms with E-state index < -0.39 is 35.6 Å². The zero-order chi connectivity index (χ0) is 20.1. The van der Waals surface area contributed by atoms with Crippen molar-refractivity contribution >= 4 is 24.2 Å². The Bertz CT molecular complexity index is 637. The molecule has 4 N–H and O–H groups in total. The molecule has 2 atom stereocenters. The Hall–Kier alpha value is -1.80. The highest BCUT2D eigenvalue weighted by molar-refractivity contribution is 5.87. The summed E-state index contributed by atoms with van der Waals surface area (Å²) in [7, 11) is 0. The number of amides is 2. The van der Waals surface area contributed by atoms with Crippen LogP contribution >= 0.6 is 12.4 Å². The molecular formula is C18H27ClF3N3O2. The number of nitrogens with two attached hydrogens (primary N) is 1. The molecule has 0 saturated heterocycles. The van der Waals surface area contributed by atoms with Crippen molar-refractivity contribution in [3.8, 4) is 0 Å². The molecule has 0 saturated carbocycles. The van der Waals surface area contributed by atoms with Crippen LogP contribution in [0.25, 0.3) is 0 Å². The summed E-state index contributed by atoms with van der Waals surface area (Å²) in [6.07, 6.45) is -4.46. The molecule has 1 aromatic carbocycles. The number of rotatable bonds is 7. The molecule has 9 heteroatoms. The molecule has 27 heavy (non-hydrogen) atoms. The zero-order valence-electron chi connectivity index (χ0n) is 15.8. The van der Waals surface area contributed by atoms with E-state index in [1.807, 2.05) is 0 Å². The fourth-order valence-corrected chi connectivity index (χ4v) is 2.36. The van der Waals surface area contributed by atoms with Crippen molar-refractivity contribution in [3.63, 3.8) is 0 Å². The minimum Gasteiger partial charge on any atom is -0.348 e. The summed E-state index contributed by atoms with van der Waals surface area (Å²) < 4.78 is 38.7. The van der Waals surface area contributed by atoms with Crippen molar-refractivity contribution < 1.29 is 22.8 Å². The van der Waals surface area contributed by atoms with Gasteiger partial charge in [0.15, 0.2) is 0 Å². The monoisotopic (exact) mass is 409 g/mol. The van der Waals surface area contributed by atoms with E-state index in [0.717, 1.165) is 12.1 Å². The van der Waals surface area contributed by atoms with Crippen LogP contribution in [0, 0.1) is 11.8 Å². The zero-order valence-corrected chi connectivity index (χ0v) is 16.6. The van der Waals surface area contributed by atoms with Gasteiger partial charge < -0.3 is 16.4 Å². The maximum absolute atomic E-state index is 12.9. The van der Waals surface area contributed by atoms with Crippen molar-refractivity contribution in [3.05, 3.63) is 35.4 Å². The maximum Gasteiger partial charge on any atom is 0.416 e. The van der Waals surface area contributed by atoms with E-state index in [1.54, 1.807) is 27.7 Å². The second-order valence-electron chi connectivity index (χ2n) is 6.90. The number of carbonyl (C=O) groups excluding carboxylic acids is 2. The molecule has 0 radical (unpaired) electrons. The molecule has 1 unspecified atom stereocenters. The van der Waals surface area contributed by atoms with Crippen LogP contribution in [0.5, 0.6) is 0 Å². The summed E-state index contributed by atoms with van der Waals surface area (Å²) in [5, 5.41) is 5.11. The fourth-order valence-electron chi connectivity index (χ4n) is 2.36. The van der Waals surface area contributed by atoms with Crippen LogP contribution in [0.2, 0.25) is 0 Å². The van der Waals surface area contributed by atoms with Gasteiger partial charge in [0, 0.05) is 0 Å². The van der Waals surface area contributed by atoms with Crippen molar-refractivity contribution in [1.82, 2.24) is 10.6 Å². The lowest BCUT2D eigenvalue weighted by molar-refractivity contribution is -0.137. The SMILES string of the molecule is CC(C)C(NC(=O)CNC(=O)[C@@H](N)C(C)C)c1cccc(C(F)(F)F)c1.Cl. The molecule has 1 rings (SSSR count). The number of halogens is 4. The van der Waals surface area contributed by atoms with E-state index in [1.165, 1.54) is 12.1 Å². The molecule has 0 spiro atoms. The number of hydrogen-bond acceptors (Lipinski definition) is 3. The quantitative estimate of drug-likeness (QED) is 0.647. The minimum absolute atomic E-state index is 0. The molecule has 5 nitrogen and oxygen atoms in total. The Labute approximate surface area is 163 Å². The fraction of sp³-hybridized carbons (Fsp3) is 0.556. The van der Waals surface area contributed by atoms with Gasteiger partial charge in [0.1, 0.15) is 0 Å². The molecule has 2 amide bonds. The van der Waals surface area contributed by atoms with E-state index in [-0.39, 0.29) is 30.8 Å². The summed E-state index contributed by atoms with van der Waals surface area (Å²) in [5.41, 5.74) is 5.28. The Morgan fingerprint density at radius 1 is 1.11 bits per heavy atom. The van der Waals surface area contributed by atoms with E-state index in [9.17, 15) is 22.8 Å². The molecule has 0 aliphatic heterocycles. The van der Waals surface area contributed by atoms with Crippen molar-refractivity contribution in [2.45, 2.75) is 46.0 Å². The third kappa shape index (κ3) is 7.76. The van der Waals surface area contributed by atoms with Crippen molar-refractivity contribution in [2.24, 2.45) is 17.6 Å². The average molecular weight is 410 g/mol. The van der Waals surface area contributed by atoms with Gasteiger partial charge in [-0.1, -0.05) is 39.8 Å². The van der Waals surface area contributed by atoms with Crippen LogP contribution in [0.4, 0.5) is 13.2 Å². The number of carbonyl (C=O) groups is 2. The summed E-state index contributed by atoms with van der Waals surface area (Å²) in [6.45, 7) is 6.86. The first-order valence-electron chi connectivity index (χ1n) is 8.43. The Morgan fingerprint density at radius 3 is 2.19 bits per heavy atom. The summed E-state index contributed by atoms with van der Waals surface area (Å²) in [4.78, 5) is 23.9. The van der Waals surface area contributed by atoms with Crippen molar-refractivity contribution in [2.75, 3.05) is 6.54 Å². The Morgan fingerprint density at radius 2 is 1.70 bits per heavy atom.